The third kappa shape index (κ3) is 7.59. The molecule has 4 atom stereocenters. The number of aliphatic hydroxyl groups is 1. The van der Waals surface area contributed by atoms with Crippen LogP contribution in [-0.4, -0.2) is 86.3 Å². The predicted octanol–water partition coefficient (Wildman–Crippen LogP) is 4.07. The maximum atomic E-state index is 13.8. The van der Waals surface area contributed by atoms with Gasteiger partial charge in [0.15, 0.2) is 0 Å². The number of pyridine rings is 1. The topological polar surface area (TPSA) is 127 Å². The molecular formula is C32H40F3N9O2. The van der Waals surface area contributed by atoms with Crippen molar-refractivity contribution in [2.24, 2.45) is 15.9 Å². The Kier molecular flexibility index (Phi) is 10.0. The summed E-state index contributed by atoms with van der Waals surface area (Å²) in [4.78, 5) is 17.1. The molecule has 14 heteroatoms. The normalized spacial score (nSPS) is 24.4. The molecule has 0 aromatic carbocycles. The molecule has 2 N–H and O–H groups in total. The third-order valence-corrected chi connectivity index (χ3v) is 9.36. The molecule has 6 rings (SSSR count). The molecule has 2 aromatic rings. The van der Waals surface area contributed by atoms with Gasteiger partial charge in [-0.2, -0.15) is 23.5 Å². The van der Waals surface area contributed by atoms with Gasteiger partial charge in [0.1, 0.15) is 24.0 Å². The van der Waals surface area contributed by atoms with Crippen LogP contribution in [0.25, 0.3) is 0 Å². The van der Waals surface area contributed by atoms with Gasteiger partial charge in [-0.15, -0.1) is 0 Å². The third-order valence-electron chi connectivity index (χ3n) is 9.36. The fourth-order valence-corrected chi connectivity index (χ4v) is 6.94. The number of amidine groups is 1. The van der Waals surface area contributed by atoms with E-state index in [1.807, 2.05) is 28.2 Å². The van der Waals surface area contributed by atoms with Gasteiger partial charge in [-0.3, -0.25) is 19.5 Å². The standard InChI is InChI=1S/C32H40F3N9O2/c33-32(34,35)28-14-22(17-43-11-3-5-25(43)20-45)15-29(41-28)46-26-7-12-42(13-8-26)24(4-1-2-9-36)19-44-18-23(16-40-44)30-27-6-10-37-31(27)39-21-38-30/h6,10,14-16,18,21,24-27,30,45H,1-5,7-8,11-13,17,19-20H2,(H,37,38,39)/t24-,25+,27?,30?/m0/s1. The van der Waals surface area contributed by atoms with Gasteiger partial charge >= 0.3 is 6.18 Å². The van der Waals surface area contributed by atoms with Gasteiger partial charge in [0.2, 0.25) is 5.88 Å². The average Bonchev–Trinajstić information content (AvgIpc) is 3.82. The second kappa shape index (κ2) is 14.3. The molecule has 0 bridgehead atoms. The van der Waals surface area contributed by atoms with Gasteiger partial charge in [0, 0.05) is 56.0 Å². The number of hydrogen-bond acceptors (Lipinski definition) is 10. The van der Waals surface area contributed by atoms with Crippen LogP contribution in [0, 0.1) is 17.2 Å². The zero-order valence-electron chi connectivity index (χ0n) is 25.7. The molecule has 11 nitrogen and oxygen atoms in total. The molecule has 246 valence electrons. The number of aliphatic imine (C=N–C) groups is 2. The number of rotatable bonds is 12. The summed E-state index contributed by atoms with van der Waals surface area (Å²) >= 11 is 0. The first-order valence-corrected chi connectivity index (χ1v) is 16.1. The summed E-state index contributed by atoms with van der Waals surface area (Å²) in [6.45, 7) is 3.09. The van der Waals surface area contributed by atoms with E-state index in [9.17, 15) is 18.3 Å². The number of ether oxygens (including phenoxy) is 1. The van der Waals surface area contributed by atoms with Crippen molar-refractivity contribution in [2.45, 2.75) is 88.4 Å². The number of nitriles is 1. The van der Waals surface area contributed by atoms with Gasteiger partial charge in [0.05, 0.1) is 37.4 Å². The van der Waals surface area contributed by atoms with Crippen molar-refractivity contribution in [2.75, 3.05) is 26.2 Å². The van der Waals surface area contributed by atoms with Gasteiger partial charge in [-0.1, -0.05) is 6.08 Å². The summed E-state index contributed by atoms with van der Waals surface area (Å²) in [6, 6.07) is 4.94. The van der Waals surface area contributed by atoms with E-state index in [-0.39, 0.29) is 42.6 Å². The highest BCUT2D eigenvalue weighted by Crippen LogP contribution is 2.33. The van der Waals surface area contributed by atoms with Crippen LogP contribution in [-0.2, 0) is 19.3 Å². The number of unbranched alkanes of at least 4 members (excludes halogenated alkanes) is 1. The fraction of sp³-hybridized carbons (Fsp3) is 0.594. The summed E-state index contributed by atoms with van der Waals surface area (Å²) in [5.41, 5.74) is 0.527. The first kappa shape index (κ1) is 32.2. The van der Waals surface area contributed by atoms with E-state index in [1.54, 1.807) is 12.4 Å². The average molecular weight is 640 g/mol. The van der Waals surface area contributed by atoms with Crippen LogP contribution in [0.4, 0.5) is 13.2 Å². The molecule has 2 saturated heterocycles. The number of aliphatic hydroxyl groups excluding tert-OH is 1. The van der Waals surface area contributed by atoms with Crippen molar-refractivity contribution in [3.8, 4) is 11.9 Å². The summed E-state index contributed by atoms with van der Waals surface area (Å²) in [7, 11) is 0. The lowest BCUT2D eigenvalue weighted by Crippen LogP contribution is -2.46. The molecular weight excluding hydrogens is 599 g/mol. The summed E-state index contributed by atoms with van der Waals surface area (Å²) in [5.74, 6) is 0.933. The Morgan fingerprint density at radius 3 is 2.80 bits per heavy atom. The number of hydrogen-bond donors (Lipinski definition) is 2. The van der Waals surface area contributed by atoms with Crippen LogP contribution in [0.3, 0.4) is 0 Å². The van der Waals surface area contributed by atoms with Crippen molar-refractivity contribution in [3.05, 3.63) is 53.6 Å². The van der Waals surface area contributed by atoms with Crippen LogP contribution in [0.2, 0.25) is 0 Å². The number of aromatic nitrogens is 3. The van der Waals surface area contributed by atoms with E-state index in [1.165, 1.54) is 0 Å². The lowest BCUT2D eigenvalue weighted by atomic mass is 9.95. The molecule has 4 aliphatic rings. The smallest absolute Gasteiger partial charge is 0.433 e. The first-order valence-electron chi connectivity index (χ1n) is 16.1. The summed E-state index contributed by atoms with van der Waals surface area (Å²) in [5, 5.41) is 26.6. The van der Waals surface area contributed by atoms with E-state index in [0.29, 0.717) is 51.0 Å². The van der Waals surface area contributed by atoms with Crippen molar-refractivity contribution in [3.63, 3.8) is 0 Å². The molecule has 2 fully saturated rings. The Labute approximate surface area is 266 Å². The second-order valence-electron chi connectivity index (χ2n) is 12.5. The van der Waals surface area contributed by atoms with Crippen LogP contribution < -0.4 is 10.1 Å². The van der Waals surface area contributed by atoms with Crippen LogP contribution >= 0.6 is 0 Å². The number of likely N-dealkylation sites (tertiary alicyclic amines) is 2. The Hall–Kier alpha value is -3.80. The molecule has 0 aliphatic carbocycles. The fourth-order valence-electron chi connectivity index (χ4n) is 6.94. The number of nitrogens with one attached hydrogen (secondary N) is 1. The van der Waals surface area contributed by atoms with E-state index in [0.717, 1.165) is 49.7 Å². The van der Waals surface area contributed by atoms with Crippen LogP contribution in [0.1, 0.15) is 67.8 Å². The van der Waals surface area contributed by atoms with Crippen LogP contribution in [0.15, 0.2) is 46.8 Å². The molecule has 4 aliphatic heterocycles. The Balaban J connectivity index is 1.09. The van der Waals surface area contributed by atoms with E-state index in [2.05, 4.69) is 42.4 Å². The van der Waals surface area contributed by atoms with Crippen LogP contribution in [0.5, 0.6) is 5.88 Å². The van der Waals surface area contributed by atoms with Crippen molar-refractivity contribution < 1.29 is 23.0 Å². The molecule has 2 unspecified atom stereocenters. The van der Waals surface area contributed by atoms with Gasteiger partial charge in [-0.05, 0) is 62.9 Å². The second-order valence-corrected chi connectivity index (χ2v) is 12.5. The number of halogens is 3. The van der Waals surface area contributed by atoms with Crippen molar-refractivity contribution in [1.82, 2.24) is 29.9 Å². The molecule has 0 amide bonds. The van der Waals surface area contributed by atoms with Crippen molar-refractivity contribution in [1.29, 1.82) is 5.26 Å². The quantitative estimate of drug-likeness (QED) is 0.333. The Bertz CT molecular complexity index is 1480. The lowest BCUT2D eigenvalue weighted by Gasteiger charge is -2.37. The zero-order valence-corrected chi connectivity index (χ0v) is 25.7. The van der Waals surface area contributed by atoms with Gasteiger partial charge in [-0.25, -0.2) is 9.98 Å². The number of nitrogens with zero attached hydrogens (tertiary/aromatic N) is 8. The monoisotopic (exact) mass is 639 g/mol. The lowest BCUT2D eigenvalue weighted by molar-refractivity contribution is -0.141. The van der Waals surface area contributed by atoms with Gasteiger partial charge < -0.3 is 15.2 Å². The van der Waals surface area contributed by atoms with E-state index >= 15 is 0 Å². The minimum Gasteiger partial charge on any atom is -0.474 e. The Morgan fingerprint density at radius 1 is 1.17 bits per heavy atom. The minimum atomic E-state index is -4.59. The summed E-state index contributed by atoms with van der Waals surface area (Å²) < 4.78 is 49.4. The largest absolute Gasteiger partial charge is 0.474 e. The molecule has 6 heterocycles. The Morgan fingerprint density at radius 2 is 2.02 bits per heavy atom. The number of alkyl halides is 3. The molecule has 46 heavy (non-hydrogen) atoms. The van der Waals surface area contributed by atoms with Crippen molar-refractivity contribution >= 4 is 12.2 Å². The highest BCUT2D eigenvalue weighted by molar-refractivity contribution is 5.96. The molecule has 0 spiro atoms. The highest BCUT2D eigenvalue weighted by Gasteiger charge is 2.35. The highest BCUT2D eigenvalue weighted by atomic mass is 19.4. The summed E-state index contributed by atoms with van der Waals surface area (Å²) in [6.07, 6.45) is 9.65. The van der Waals surface area contributed by atoms with E-state index < -0.39 is 11.9 Å². The minimum absolute atomic E-state index is 0.0106. The number of fused-ring (bicyclic) bond motifs is 1. The molecule has 0 radical (unpaired) electrons. The number of piperidine rings is 1. The maximum absolute atomic E-state index is 13.8. The maximum Gasteiger partial charge on any atom is 0.433 e. The van der Waals surface area contributed by atoms with E-state index in [4.69, 9.17) is 10.00 Å². The predicted molar refractivity (Wildman–Crippen MR) is 165 cm³/mol. The molecule has 0 saturated carbocycles. The molecule has 2 aromatic heterocycles. The SMILES string of the molecule is N#CCCC[C@@H](Cn1cc(C2N=CN=C3NC=CC32)cn1)N1CCC(Oc2cc(CN3CCC[C@@H]3CO)cc(C(F)(F)F)n2)CC1. The van der Waals surface area contributed by atoms with Gasteiger partial charge in [0.25, 0.3) is 0 Å². The zero-order chi connectivity index (χ0) is 32.1. The first-order chi connectivity index (χ1) is 22.3.